The van der Waals surface area contributed by atoms with E-state index in [0.29, 0.717) is 6.54 Å². The van der Waals surface area contributed by atoms with Gasteiger partial charge in [0, 0.05) is 19.6 Å². The fourth-order valence-electron chi connectivity index (χ4n) is 1.79. The third-order valence-electron chi connectivity index (χ3n) is 2.92. The molecule has 0 aromatic heterocycles. The number of hydrogen-bond donors (Lipinski definition) is 1. The first-order valence-electron chi connectivity index (χ1n) is 6.11. The zero-order chi connectivity index (χ0) is 13.5. The summed E-state index contributed by atoms with van der Waals surface area (Å²) in [5.74, 6) is -1.23. The van der Waals surface area contributed by atoms with E-state index in [0.717, 1.165) is 18.7 Å². The van der Waals surface area contributed by atoms with Gasteiger partial charge < -0.3 is 14.9 Å². The Morgan fingerprint density at radius 2 is 1.78 bits per heavy atom. The highest BCUT2D eigenvalue weighted by molar-refractivity contribution is 5.76. The second kappa shape index (κ2) is 7.13. The highest BCUT2D eigenvalue weighted by atomic mass is 16.4. The Morgan fingerprint density at radius 3 is 2.28 bits per heavy atom. The lowest BCUT2D eigenvalue weighted by atomic mass is 9.99. The van der Waals surface area contributed by atoms with E-state index in [9.17, 15) is 9.90 Å². The zero-order valence-corrected chi connectivity index (χ0v) is 11.3. The molecule has 4 nitrogen and oxygen atoms in total. The van der Waals surface area contributed by atoms with Crippen LogP contribution in [-0.2, 0) is 4.79 Å². The second-order valence-corrected chi connectivity index (χ2v) is 4.87. The van der Waals surface area contributed by atoms with E-state index in [2.05, 4.69) is 9.80 Å². The number of benzene rings is 1. The van der Waals surface area contributed by atoms with E-state index in [1.54, 1.807) is 0 Å². The predicted molar refractivity (Wildman–Crippen MR) is 72.9 cm³/mol. The van der Waals surface area contributed by atoms with Crippen molar-refractivity contribution in [1.29, 1.82) is 0 Å². The molecule has 0 bridgehead atoms. The first kappa shape index (κ1) is 14.7. The predicted octanol–water partition coefficient (Wildman–Crippen LogP) is 1.35. The number of carboxylic acid groups (broad SMARTS) is 1. The quantitative estimate of drug-likeness (QED) is 0.793. The van der Waals surface area contributed by atoms with Crippen molar-refractivity contribution in [3.63, 3.8) is 0 Å². The van der Waals surface area contributed by atoms with Crippen LogP contribution in [0.15, 0.2) is 30.3 Å². The van der Waals surface area contributed by atoms with Crippen LogP contribution in [0.4, 0.5) is 0 Å². The molecule has 0 saturated carbocycles. The first-order chi connectivity index (χ1) is 8.50. The Balaban J connectivity index is 2.62. The van der Waals surface area contributed by atoms with E-state index in [1.165, 1.54) is 0 Å². The Labute approximate surface area is 109 Å². The Hall–Kier alpha value is -1.39. The van der Waals surface area contributed by atoms with Crippen molar-refractivity contribution in [2.24, 2.45) is 0 Å². The molecule has 1 aromatic carbocycles. The maximum absolute atomic E-state index is 11.3. The summed E-state index contributed by atoms with van der Waals surface area (Å²) in [6, 6.07) is 9.41. The van der Waals surface area contributed by atoms with Crippen LogP contribution in [0, 0.1) is 0 Å². The summed E-state index contributed by atoms with van der Waals surface area (Å²) in [6.45, 7) is 2.33. The largest absolute Gasteiger partial charge is 0.481 e. The molecule has 1 atom stereocenters. The monoisotopic (exact) mass is 250 g/mol. The molecule has 1 unspecified atom stereocenters. The average molecular weight is 250 g/mol. The molecule has 1 N–H and O–H groups in total. The van der Waals surface area contributed by atoms with Gasteiger partial charge in [-0.05, 0) is 26.7 Å². The van der Waals surface area contributed by atoms with E-state index < -0.39 is 11.9 Å². The Kier molecular flexibility index (Phi) is 5.82. The number of aliphatic carboxylic acids is 1. The van der Waals surface area contributed by atoms with Gasteiger partial charge in [-0.15, -0.1) is 0 Å². The van der Waals surface area contributed by atoms with Gasteiger partial charge in [-0.1, -0.05) is 30.3 Å². The number of carbonyl (C=O) groups is 1. The normalized spacial score (nSPS) is 12.9. The number of hydrogen-bond acceptors (Lipinski definition) is 3. The molecule has 0 heterocycles. The van der Waals surface area contributed by atoms with Gasteiger partial charge in [-0.3, -0.25) is 4.79 Å². The first-order valence-corrected chi connectivity index (χ1v) is 6.11. The van der Waals surface area contributed by atoms with Gasteiger partial charge in [0.15, 0.2) is 0 Å². The fraction of sp³-hybridized carbons (Fsp3) is 0.500. The maximum Gasteiger partial charge on any atom is 0.312 e. The summed E-state index contributed by atoms with van der Waals surface area (Å²) in [5, 5.41) is 9.32. The van der Waals surface area contributed by atoms with Crippen LogP contribution in [0.3, 0.4) is 0 Å². The van der Waals surface area contributed by atoms with Crippen LogP contribution < -0.4 is 0 Å². The molecule has 0 aliphatic carbocycles. The summed E-state index contributed by atoms with van der Waals surface area (Å²) < 4.78 is 0. The number of rotatable bonds is 7. The van der Waals surface area contributed by atoms with Crippen molar-refractivity contribution >= 4 is 5.97 Å². The smallest absolute Gasteiger partial charge is 0.312 e. The number of nitrogens with zero attached hydrogens (tertiary/aromatic N) is 2. The minimum absolute atomic E-state index is 0.460. The van der Waals surface area contributed by atoms with Crippen molar-refractivity contribution in [3.8, 4) is 0 Å². The summed E-state index contributed by atoms with van der Waals surface area (Å²) in [5.41, 5.74) is 0.863. The van der Waals surface area contributed by atoms with Gasteiger partial charge >= 0.3 is 5.97 Å². The standard InChI is InChI=1S/C14H22N2O2/c1-15(2)9-10-16(3)11-13(14(17)18)12-7-5-4-6-8-12/h4-8,13H,9-11H2,1-3H3,(H,17,18). The molecule has 0 fully saturated rings. The summed E-state index contributed by atoms with van der Waals surface area (Å²) in [4.78, 5) is 15.5. The molecule has 1 aromatic rings. The molecule has 100 valence electrons. The third-order valence-corrected chi connectivity index (χ3v) is 2.92. The molecular weight excluding hydrogens is 228 g/mol. The van der Waals surface area contributed by atoms with E-state index in [-0.39, 0.29) is 0 Å². The molecule has 0 saturated heterocycles. The topological polar surface area (TPSA) is 43.8 Å². The highest BCUT2D eigenvalue weighted by Crippen LogP contribution is 2.16. The van der Waals surface area contributed by atoms with Crippen molar-refractivity contribution in [1.82, 2.24) is 9.80 Å². The van der Waals surface area contributed by atoms with E-state index in [4.69, 9.17) is 0 Å². The highest BCUT2D eigenvalue weighted by Gasteiger charge is 2.21. The lowest BCUT2D eigenvalue weighted by Gasteiger charge is -2.23. The van der Waals surface area contributed by atoms with Gasteiger partial charge in [0.2, 0.25) is 0 Å². The van der Waals surface area contributed by atoms with E-state index in [1.807, 2.05) is 51.5 Å². The maximum atomic E-state index is 11.3. The molecule has 0 amide bonds. The van der Waals surface area contributed by atoms with Crippen LogP contribution >= 0.6 is 0 Å². The third kappa shape index (κ3) is 4.85. The van der Waals surface area contributed by atoms with Gasteiger partial charge in [-0.25, -0.2) is 0 Å². The minimum Gasteiger partial charge on any atom is -0.481 e. The molecule has 18 heavy (non-hydrogen) atoms. The number of likely N-dealkylation sites (N-methyl/N-ethyl adjacent to an activating group) is 2. The van der Waals surface area contributed by atoms with Crippen molar-refractivity contribution in [2.75, 3.05) is 40.8 Å². The summed E-state index contributed by atoms with van der Waals surface area (Å²) >= 11 is 0. The van der Waals surface area contributed by atoms with Crippen molar-refractivity contribution in [3.05, 3.63) is 35.9 Å². The van der Waals surface area contributed by atoms with Gasteiger partial charge in [0.25, 0.3) is 0 Å². The Morgan fingerprint density at radius 1 is 1.17 bits per heavy atom. The van der Waals surface area contributed by atoms with Crippen LogP contribution in [0.1, 0.15) is 11.5 Å². The van der Waals surface area contributed by atoms with Crippen LogP contribution in [0.5, 0.6) is 0 Å². The molecule has 0 aliphatic heterocycles. The lowest BCUT2D eigenvalue weighted by molar-refractivity contribution is -0.139. The molecule has 0 aliphatic rings. The van der Waals surface area contributed by atoms with Crippen LogP contribution in [0.2, 0.25) is 0 Å². The van der Waals surface area contributed by atoms with Gasteiger partial charge in [0.05, 0.1) is 5.92 Å². The SMILES string of the molecule is CN(C)CCN(C)CC(C(=O)O)c1ccccc1. The second-order valence-electron chi connectivity index (χ2n) is 4.87. The van der Waals surface area contributed by atoms with Crippen LogP contribution in [0.25, 0.3) is 0 Å². The van der Waals surface area contributed by atoms with E-state index >= 15 is 0 Å². The summed E-state index contributed by atoms with van der Waals surface area (Å²) in [6.07, 6.45) is 0. The van der Waals surface area contributed by atoms with Gasteiger partial charge in [0.1, 0.15) is 0 Å². The van der Waals surface area contributed by atoms with Crippen LogP contribution in [-0.4, -0.2) is 61.7 Å². The zero-order valence-electron chi connectivity index (χ0n) is 11.3. The lowest BCUT2D eigenvalue weighted by Crippen LogP contribution is -2.34. The van der Waals surface area contributed by atoms with Crippen molar-refractivity contribution in [2.45, 2.75) is 5.92 Å². The fourth-order valence-corrected chi connectivity index (χ4v) is 1.79. The average Bonchev–Trinajstić information content (AvgIpc) is 2.34. The molecule has 4 heteroatoms. The summed E-state index contributed by atoms with van der Waals surface area (Å²) in [7, 11) is 5.99. The number of carboxylic acids is 1. The molecule has 1 rings (SSSR count). The molecule has 0 spiro atoms. The Bertz CT molecular complexity index is 365. The molecular formula is C14H22N2O2. The van der Waals surface area contributed by atoms with Gasteiger partial charge in [-0.2, -0.15) is 0 Å². The van der Waals surface area contributed by atoms with Crippen molar-refractivity contribution < 1.29 is 9.90 Å². The minimum atomic E-state index is -0.766. The molecule has 0 radical (unpaired) electrons.